The standard InChI is InChI=1S/C50H30N2OS2/c1-3-17-33(39-25-13-27-41-37-21-9-11-29-45(37)54-47(39)41)31(15-1)35-19-5-7-23-43(35)49-51-52-50(53-49)44-24-8-6-20-36(44)32-16-2-4-18-34(32)40-26-14-28-42-38-22-10-12-30-46(38)55-48(40)42/h1-30H. The van der Waals surface area contributed by atoms with Crippen molar-refractivity contribution in [3.8, 4) is 67.4 Å². The normalized spacial score (nSPS) is 11.6. The van der Waals surface area contributed by atoms with Crippen LogP contribution in [0.3, 0.4) is 0 Å². The maximum Gasteiger partial charge on any atom is 0.248 e. The van der Waals surface area contributed by atoms with Gasteiger partial charge in [-0.05, 0) is 57.6 Å². The molecule has 258 valence electrons. The summed E-state index contributed by atoms with van der Waals surface area (Å²) < 4.78 is 11.8. The van der Waals surface area contributed by atoms with Gasteiger partial charge in [0.05, 0.1) is 0 Å². The van der Waals surface area contributed by atoms with Crippen LogP contribution < -0.4 is 0 Å². The predicted octanol–water partition coefficient (Wildman–Crippen LogP) is 14.8. The summed E-state index contributed by atoms with van der Waals surface area (Å²) in [7, 11) is 0. The second-order valence-corrected chi connectivity index (χ2v) is 15.8. The highest BCUT2D eigenvalue weighted by Gasteiger charge is 2.22. The Bertz CT molecular complexity index is 3020. The quantitative estimate of drug-likeness (QED) is 0.170. The lowest BCUT2D eigenvalue weighted by Gasteiger charge is -2.14. The molecule has 8 aromatic carbocycles. The van der Waals surface area contributed by atoms with Crippen LogP contribution in [0.2, 0.25) is 0 Å². The van der Waals surface area contributed by atoms with Crippen LogP contribution >= 0.6 is 22.7 Å². The van der Waals surface area contributed by atoms with Gasteiger partial charge >= 0.3 is 0 Å². The zero-order valence-electron chi connectivity index (χ0n) is 29.4. The molecule has 11 rings (SSSR count). The summed E-state index contributed by atoms with van der Waals surface area (Å²) in [6.45, 7) is 0. The highest BCUT2D eigenvalue weighted by molar-refractivity contribution is 7.26. The van der Waals surface area contributed by atoms with Crippen LogP contribution in [-0.2, 0) is 0 Å². The van der Waals surface area contributed by atoms with Crippen molar-refractivity contribution < 1.29 is 4.42 Å². The molecular weight excluding hydrogens is 709 g/mol. The van der Waals surface area contributed by atoms with E-state index < -0.39 is 0 Å². The Kier molecular flexibility index (Phi) is 7.54. The monoisotopic (exact) mass is 738 g/mol. The van der Waals surface area contributed by atoms with Gasteiger partial charge in [0.1, 0.15) is 0 Å². The third kappa shape index (κ3) is 5.24. The molecule has 0 saturated heterocycles. The molecule has 0 fully saturated rings. The van der Waals surface area contributed by atoms with E-state index in [-0.39, 0.29) is 0 Å². The minimum absolute atomic E-state index is 0.485. The van der Waals surface area contributed by atoms with Gasteiger partial charge < -0.3 is 4.42 Å². The fraction of sp³-hybridized carbons (Fsp3) is 0. The zero-order chi connectivity index (χ0) is 36.3. The van der Waals surface area contributed by atoms with E-state index in [0.717, 1.165) is 33.4 Å². The summed E-state index contributed by atoms with van der Waals surface area (Å²) in [6.07, 6.45) is 0. The Balaban J connectivity index is 1.02. The maximum atomic E-state index is 6.67. The van der Waals surface area contributed by atoms with Crippen LogP contribution in [0.25, 0.3) is 108 Å². The van der Waals surface area contributed by atoms with Gasteiger partial charge in [-0.3, -0.25) is 0 Å². The molecule has 55 heavy (non-hydrogen) atoms. The van der Waals surface area contributed by atoms with Crippen molar-refractivity contribution in [3.05, 3.63) is 182 Å². The second kappa shape index (κ2) is 13.0. The molecule has 3 aromatic heterocycles. The molecule has 0 saturated carbocycles. The molecule has 0 spiro atoms. The first-order valence-corrected chi connectivity index (χ1v) is 20.0. The lowest BCUT2D eigenvalue weighted by molar-refractivity contribution is 0.585. The number of thiophene rings is 2. The second-order valence-electron chi connectivity index (χ2n) is 13.7. The third-order valence-corrected chi connectivity index (χ3v) is 13.0. The number of hydrogen-bond acceptors (Lipinski definition) is 5. The first kappa shape index (κ1) is 31.8. The summed E-state index contributed by atoms with van der Waals surface area (Å²) in [5.41, 5.74) is 10.9. The Hall–Kier alpha value is -6.66. The predicted molar refractivity (Wildman–Crippen MR) is 233 cm³/mol. The van der Waals surface area contributed by atoms with Gasteiger partial charge in [0, 0.05) is 62.6 Å². The Morgan fingerprint density at radius 3 is 0.982 bits per heavy atom. The average molecular weight is 739 g/mol. The van der Waals surface area contributed by atoms with E-state index in [0.29, 0.717) is 11.8 Å². The van der Waals surface area contributed by atoms with E-state index in [2.05, 4.69) is 170 Å². The summed E-state index contributed by atoms with van der Waals surface area (Å²) in [5.74, 6) is 0.970. The van der Waals surface area contributed by atoms with Gasteiger partial charge in [-0.25, -0.2) is 0 Å². The molecule has 3 heterocycles. The van der Waals surface area contributed by atoms with Gasteiger partial charge in [0.2, 0.25) is 11.8 Å². The number of benzene rings is 8. The minimum Gasteiger partial charge on any atom is -0.416 e. The molecule has 0 aliphatic heterocycles. The van der Waals surface area contributed by atoms with Gasteiger partial charge in [0.25, 0.3) is 0 Å². The van der Waals surface area contributed by atoms with Crippen LogP contribution in [0.4, 0.5) is 0 Å². The van der Waals surface area contributed by atoms with E-state index in [1.807, 2.05) is 34.8 Å². The molecule has 0 aliphatic rings. The van der Waals surface area contributed by atoms with Gasteiger partial charge in [-0.2, -0.15) is 0 Å². The molecule has 0 radical (unpaired) electrons. The Morgan fingerprint density at radius 2 is 0.564 bits per heavy atom. The van der Waals surface area contributed by atoms with Crippen LogP contribution in [0.15, 0.2) is 186 Å². The van der Waals surface area contributed by atoms with E-state index in [1.165, 1.54) is 62.6 Å². The SMILES string of the molecule is c1ccc(-c2ccccc2-c2cccc3c2sc2ccccc23)c(-c2nnc(-c3ccccc3-c3ccccc3-c3cccc4c3sc3ccccc34)o2)c1. The molecule has 0 bridgehead atoms. The van der Waals surface area contributed by atoms with Crippen LogP contribution in [0, 0.1) is 0 Å². The molecular formula is C50H30N2OS2. The summed E-state index contributed by atoms with van der Waals surface area (Å²) in [6, 6.07) is 64.6. The maximum absolute atomic E-state index is 6.67. The third-order valence-electron chi connectivity index (χ3n) is 10.6. The molecule has 0 unspecified atom stereocenters. The zero-order valence-corrected chi connectivity index (χ0v) is 31.1. The summed E-state index contributed by atoms with van der Waals surface area (Å²) in [5, 5.41) is 14.5. The lowest BCUT2D eigenvalue weighted by atomic mass is 9.91. The van der Waals surface area contributed by atoms with Crippen LogP contribution in [0.1, 0.15) is 0 Å². The Labute approximate surface area is 325 Å². The molecule has 0 N–H and O–H groups in total. The van der Waals surface area contributed by atoms with Gasteiger partial charge in [-0.1, -0.05) is 158 Å². The van der Waals surface area contributed by atoms with Crippen LogP contribution in [-0.4, -0.2) is 10.2 Å². The van der Waals surface area contributed by atoms with E-state index in [9.17, 15) is 0 Å². The van der Waals surface area contributed by atoms with Crippen molar-refractivity contribution >= 4 is 63.0 Å². The van der Waals surface area contributed by atoms with Crippen molar-refractivity contribution in [1.29, 1.82) is 0 Å². The Morgan fingerprint density at radius 1 is 0.273 bits per heavy atom. The van der Waals surface area contributed by atoms with Crippen molar-refractivity contribution in [2.75, 3.05) is 0 Å². The summed E-state index contributed by atoms with van der Waals surface area (Å²) in [4.78, 5) is 0. The first-order valence-electron chi connectivity index (χ1n) is 18.3. The highest BCUT2D eigenvalue weighted by Crippen LogP contribution is 2.46. The number of hydrogen-bond donors (Lipinski definition) is 0. The first-order chi connectivity index (χ1) is 27.3. The number of rotatable bonds is 6. The van der Waals surface area contributed by atoms with Crippen molar-refractivity contribution in [3.63, 3.8) is 0 Å². The van der Waals surface area contributed by atoms with Crippen molar-refractivity contribution in [2.24, 2.45) is 0 Å². The fourth-order valence-corrected chi connectivity index (χ4v) is 10.5. The smallest absolute Gasteiger partial charge is 0.248 e. The molecule has 0 amide bonds. The molecule has 0 atom stereocenters. The van der Waals surface area contributed by atoms with Gasteiger partial charge in [0.15, 0.2) is 0 Å². The number of fused-ring (bicyclic) bond motifs is 6. The molecule has 0 aliphatic carbocycles. The average Bonchev–Trinajstić information content (AvgIpc) is 4.00. The van der Waals surface area contributed by atoms with Crippen molar-refractivity contribution in [1.82, 2.24) is 10.2 Å². The minimum atomic E-state index is 0.485. The van der Waals surface area contributed by atoms with Crippen LogP contribution in [0.5, 0.6) is 0 Å². The lowest BCUT2D eigenvalue weighted by Crippen LogP contribution is -1.89. The number of nitrogens with zero attached hydrogens (tertiary/aromatic N) is 2. The van der Waals surface area contributed by atoms with E-state index in [4.69, 9.17) is 14.6 Å². The number of aromatic nitrogens is 2. The largest absolute Gasteiger partial charge is 0.416 e. The highest BCUT2D eigenvalue weighted by atomic mass is 32.1. The molecule has 3 nitrogen and oxygen atoms in total. The van der Waals surface area contributed by atoms with Crippen molar-refractivity contribution in [2.45, 2.75) is 0 Å². The van der Waals surface area contributed by atoms with E-state index in [1.54, 1.807) is 0 Å². The van der Waals surface area contributed by atoms with E-state index >= 15 is 0 Å². The fourth-order valence-electron chi connectivity index (χ4n) is 8.07. The topological polar surface area (TPSA) is 38.9 Å². The molecule has 5 heteroatoms. The molecule has 11 aromatic rings. The summed E-state index contributed by atoms with van der Waals surface area (Å²) >= 11 is 3.70. The van der Waals surface area contributed by atoms with Gasteiger partial charge in [-0.15, -0.1) is 32.9 Å².